The van der Waals surface area contributed by atoms with E-state index in [1.165, 1.54) is 0 Å². The van der Waals surface area contributed by atoms with Crippen molar-refractivity contribution in [1.29, 1.82) is 0 Å². The van der Waals surface area contributed by atoms with E-state index in [0.29, 0.717) is 12.6 Å². The van der Waals surface area contributed by atoms with Crippen LogP contribution in [-0.2, 0) is 11.3 Å². The van der Waals surface area contributed by atoms with Gasteiger partial charge in [0.05, 0.1) is 6.61 Å². The number of rotatable bonds is 7. The van der Waals surface area contributed by atoms with Gasteiger partial charge in [0.2, 0.25) is 0 Å². The van der Waals surface area contributed by atoms with Crippen LogP contribution in [0.15, 0.2) is 30.3 Å². The predicted molar refractivity (Wildman–Crippen MR) is 75.7 cm³/mol. The normalized spacial score (nSPS) is 11.6. The monoisotopic (exact) mass is 263 g/mol. The van der Waals surface area contributed by atoms with Gasteiger partial charge < -0.3 is 10.2 Å². The van der Waals surface area contributed by atoms with Gasteiger partial charge in [-0.25, -0.2) is 4.79 Å². The highest BCUT2D eigenvalue weighted by atomic mass is 16.4. The number of carboxylic acid groups (broad SMARTS) is 1. The van der Waals surface area contributed by atoms with Gasteiger partial charge in [-0.2, -0.15) is 0 Å². The number of aliphatic hydroxyl groups is 1. The Hall–Kier alpha value is -1.65. The Labute approximate surface area is 114 Å². The van der Waals surface area contributed by atoms with Crippen LogP contribution in [0.25, 0.3) is 6.08 Å². The zero-order chi connectivity index (χ0) is 14.3. The molecule has 1 aromatic carbocycles. The summed E-state index contributed by atoms with van der Waals surface area (Å²) in [7, 11) is 0. The Morgan fingerprint density at radius 2 is 1.95 bits per heavy atom. The molecule has 0 unspecified atom stereocenters. The van der Waals surface area contributed by atoms with Crippen molar-refractivity contribution in [3.8, 4) is 0 Å². The number of carboxylic acids is 1. The lowest BCUT2D eigenvalue weighted by Crippen LogP contribution is -2.32. The SMILES string of the molecule is CC(C)N(CCO)Cc1ccc(C=CC(=O)O)cc1. The molecule has 0 heterocycles. The molecule has 19 heavy (non-hydrogen) atoms. The first-order valence-corrected chi connectivity index (χ1v) is 6.37. The van der Waals surface area contributed by atoms with Crippen molar-refractivity contribution in [3.05, 3.63) is 41.5 Å². The van der Waals surface area contributed by atoms with E-state index in [-0.39, 0.29) is 6.61 Å². The van der Waals surface area contributed by atoms with E-state index >= 15 is 0 Å². The Morgan fingerprint density at radius 1 is 1.32 bits per heavy atom. The van der Waals surface area contributed by atoms with Crippen molar-refractivity contribution >= 4 is 12.0 Å². The largest absolute Gasteiger partial charge is 0.478 e. The minimum Gasteiger partial charge on any atom is -0.478 e. The first-order valence-electron chi connectivity index (χ1n) is 6.37. The van der Waals surface area contributed by atoms with Crippen molar-refractivity contribution in [2.75, 3.05) is 13.2 Å². The molecule has 0 bridgehead atoms. The quantitative estimate of drug-likeness (QED) is 0.739. The molecule has 0 fully saturated rings. The van der Waals surface area contributed by atoms with Gasteiger partial charge in [0, 0.05) is 25.2 Å². The fourth-order valence-electron chi connectivity index (χ4n) is 1.78. The van der Waals surface area contributed by atoms with Crippen molar-refractivity contribution in [2.24, 2.45) is 0 Å². The number of carbonyl (C=O) groups is 1. The minimum atomic E-state index is -0.946. The van der Waals surface area contributed by atoms with Crippen LogP contribution in [0.4, 0.5) is 0 Å². The van der Waals surface area contributed by atoms with Crippen LogP contribution >= 0.6 is 0 Å². The first kappa shape index (κ1) is 15.4. The number of benzene rings is 1. The molecule has 1 aromatic rings. The van der Waals surface area contributed by atoms with Gasteiger partial charge in [0.15, 0.2) is 0 Å². The minimum absolute atomic E-state index is 0.150. The second-order valence-corrected chi connectivity index (χ2v) is 4.70. The second-order valence-electron chi connectivity index (χ2n) is 4.70. The predicted octanol–water partition coefficient (Wildman–Crippen LogP) is 1.99. The van der Waals surface area contributed by atoms with Gasteiger partial charge in [-0.3, -0.25) is 4.90 Å². The zero-order valence-electron chi connectivity index (χ0n) is 11.4. The summed E-state index contributed by atoms with van der Waals surface area (Å²) in [5.41, 5.74) is 2.01. The molecule has 0 atom stereocenters. The molecule has 0 saturated heterocycles. The number of aliphatic hydroxyl groups excluding tert-OH is 1. The van der Waals surface area contributed by atoms with Crippen LogP contribution in [0.2, 0.25) is 0 Å². The summed E-state index contributed by atoms with van der Waals surface area (Å²) in [6.07, 6.45) is 2.70. The molecule has 1 rings (SSSR count). The number of hydrogen-bond acceptors (Lipinski definition) is 3. The van der Waals surface area contributed by atoms with Crippen molar-refractivity contribution in [1.82, 2.24) is 4.90 Å². The summed E-state index contributed by atoms with van der Waals surface area (Å²) in [6, 6.07) is 8.12. The third-order valence-corrected chi connectivity index (χ3v) is 2.90. The number of nitrogens with zero attached hydrogens (tertiary/aromatic N) is 1. The van der Waals surface area contributed by atoms with Crippen LogP contribution in [0.3, 0.4) is 0 Å². The standard InChI is InChI=1S/C15H21NO3/c1-12(2)16(9-10-17)11-14-5-3-13(4-6-14)7-8-15(18)19/h3-8,12,17H,9-11H2,1-2H3,(H,18,19). The van der Waals surface area contributed by atoms with Gasteiger partial charge in [-0.15, -0.1) is 0 Å². The lowest BCUT2D eigenvalue weighted by Gasteiger charge is -2.25. The molecule has 0 saturated carbocycles. The number of aliphatic carboxylic acids is 1. The van der Waals surface area contributed by atoms with E-state index in [9.17, 15) is 4.79 Å². The molecule has 0 aliphatic carbocycles. The molecular weight excluding hydrogens is 242 g/mol. The van der Waals surface area contributed by atoms with E-state index < -0.39 is 5.97 Å². The molecule has 2 N–H and O–H groups in total. The van der Waals surface area contributed by atoms with E-state index in [4.69, 9.17) is 10.2 Å². The molecule has 0 aliphatic heterocycles. The Balaban J connectivity index is 2.67. The molecule has 0 amide bonds. The summed E-state index contributed by atoms with van der Waals surface area (Å²) < 4.78 is 0. The van der Waals surface area contributed by atoms with E-state index in [2.05, 4.69) is 18.7 Å². The van der Waals surface area contributed by atoms with Crippen molar-refractivity contribution in [2.45, 2.75) is 26.4 Å². The highest BCUT2D eigenvalue weighted by molar-refractivity contribution is 5.85. The molecule has 4 heteroatoms. The maximum Gasteiger partial charge on any atom is 0.328 e. The lowest BCUT2D eigenvalue weighted by atomic mass is 10.1. The van der Waals surface area contributed by atoms with Gasteiger partial charge in [0.25, 0.3) is 0 Å². The van der Waals surface area contributed by atoms with Crippen LogP contribution in [-0.4, -0.2) is 40.3 Å². The van der Waals surface area contributed by atoms with Crippen molar-refractivity contribution in [3.63, 3.8) is 0 Å². The van der Waals surface area contributed by atoms with Gasteiger partial charge in [-0.1, -0.05) is 24.3 Å². The van der Waals surface area contributed by atoms with Crippen LogP contribution in [0, 0.1) is 0 Å². The molecular formula is C15H21NO3. The average molecular weight is 263 g/mol. The molecule has 0 aromatic heterocycles. The highest BCUT2D eigenvalue weighted by Crippen LogP contribution is 2.10. The topological polar surface area (TPSA) is 60.8 Å². The third kappa shape index (κ3) is 5.68. The van der Waals surface area contributed by atoms with Crippen molar-refractivity contribution < 1.29 is 15.0 Å². The lowest BCUT2D eigenvalue weighted by molar-refractivity contribution is -0.131. The second kappa shape index (κ2) is 7.71. The average Bonchev–Trinajstić information content (AvgIpc) is 2.37. The number of hydrogen-bond donors (Lipinski definition) is 2. The summed E-state index contributed by atoms with van der Waals surface area (Å²) in [4.78, 5) is 12.6. The van der Waals surface area contributed by atoms with Gasteiger partial charge in [0.1, 0.15) is 0 Å². The summed E-state index contributed by atoms with van der Waals surface area (Å²) in [6.45, 7) is 5.77. The Kier molecular flexibility index (Phi) is 6.25. The van der Waals surface area contributed by atoms with Gasteiger partial charge in [-0.05, 0) is 31.1 Å². The Bertz CT molecular complexity index is 424. The molecule has 0 aliphatic rings. The van der Waals surface area contributed by atoms with E-state index in [1.807, 2.05) is 24.3 Å². The third-order valence-electron chi connectivity index (χ3n) is 2.90. The van der Waals surface area contributed by atoms with E-state index in [1.54, 1.807) is 6.08 Å². The smallest absolute Gasteiger partial charge is 0.328 e. The van der Waals surface area contributed by atoms with Crippen LogP contribution < -0.4 is 0 Å². The molecule has 0 radical (unpaired) electrons. The highest BCUT2D eigenvalue weighted by Gasteiger charge is 2.08. The molecule has 104 valence electrons. The van der Waals surface area contributed by atoms with Crippen LogP contribution in [0.5, 0.6) is 0 Å². The maximum absolute atomic E-state index is 10.4. The fourth-order valence-corrected chi connectivity index (χ4v) is 1.78. The maximum atomic E-state index is 10.4. The molecule has 0 spiro atoms. The first-order chi connectivity index (χ1) is 9.02. The summed E-state index contributed by atoms with van der Waals surface area (Å²) in [5, 5.41) is 17.6. The Morgan fingerprint density at radius 3 is 2.42 bits per heavy atom. The summed E-state index contributed by atoms with van der Waals surface area (Å²) in [5.74, 6) is -0.946. The van der Waals surface area contributed by atoms with Gasteiger partial charge >= 0.3 is 5.97 Å². The van der Waals surface area contributed by atoms with Crippen LogP contribution in [0.1, 0.15) is 25.0 Å². The fraction of sp³-hybridized carbons (Fsp3) is 0.400. The van der Waals surface area contributed by atoms with E-state index in [0.717, 1.165) is 23.7 Å². The molecule has 4 nitrogen and oxygen atoms in total. The zero-order valence-corrected chi connectivity index (χ0v) is 11.4. The summed E-state index contributed by atoms with van der Waals surface area (Å²) >= 11 is 0.